The molecule has 1 saturated carbocycles. The summed E-state index contributed by atoms with van der Waals surface area (Å²) >= 11 is 0. The minimum atomic E-state index is -3.77. The first-order valence-electron chi connectivity index (χ1n) is 12.4. The SMILES string of the molecule is CCOc1ccc(N(CC(=O)N(Cc2cccc(C)c2)C(C)C(=O)NC2CCCC2)S(C)(=O)=O)cc1. The summed E-state index contributed by atoms with van der Waals surface area (Å²) in [7, 11) is -3.77. The zero-order chi connectivity index (χ0) is 26.3. The Bertz CT molecular complexity index is 1140. The summed E-state index contributed by atoms with van der Waals surface area (Å²) in [6.07, 6.45) is 5.10. The van der Waals surface area contributed by atoms with Crippen molar-refractivity contribution in [1.82, 2.24) is 10.2 Å². The van der Waals surface area contributed by atoms with Crippen LogP contribution in [0.25, 0.3) is 0 Å². The number of ether oxygens (including phenoxy) is 1. The van der Waals surface area contributed by atoms with Crippen LogP contribution in [0.3, 0.4) is 0 Å². The molecule has 2 aromatic carbocycles. The molecule has 1 aliphatic rings. The zero-order valence-electron chi connectivity index (χ0n) is 21.6. The highest BCUT2D eigenvalue weighted by atomic mass is 32.2. The Hall–Kier alpha value is -3.07. The van der Waals surface area contributed by atoms with Crippen LogP contribution in [-0.4, -0.2) is 56.6 Å². The summed E-state index contributed by atoms with van der Waals surface area (Å²) in [5.41, 5.74) is 2.26. The van der Waals surface area contributed by atoms with E-state index in [2.05, 4.69) is 5.32 Å². The van der Waals surface area contributed by atoms with Crippen LogP contribution in [0.4, 0.5) is 5.69 Å². The van der Waals surface area contributed by atoms with E-state index in [1.54, 1.807) is 31.2 Å². The van der Waals surface area contributed by atoms with E-state index in [0.717, 1.165) is 47.4 Å². The van der Waals surface area contributed by atoms with Gasteiger partial charge in [0.05, 0.1) is 18.6 Å². The van der Waals surface area contributed by atoms with Crippen LogP contribution in [-0.2, 0) is 26.2 Å². The molecule has 1 aliphatic carbocycles. The van der Waals surface area contributed by atoms with Crippen molar-refractivity contribution in [1.29, 1.82) is 0 Å². The van der Waals surface area contributed by atoms with E-state index in [1.807, 2.05) is 38.1 Å². The second-order valence-electron chi connectivity index (χ2n) is 9.37. The van der Waals surface area contributed by atoms with E-state index in [0.29, 0.717) is 18.0 Å². The molecule has 196 valence electrons. The molecule has 1 N–H and O–H groups in total. The topological polar surface area (TPSA) is 96.0 Å². The number of anilines is 1. The summed E-state index contributed by atoms with van der Waals surface area (Å²) in [6.45, 7) is 5.79. The van der Waals surface area contributed by atoms with Crippen molar-refractivity contribution < 1.29 is 22.7 Å². The van der Waals surface area contributed by atoms with E-state index in [4.69, 9.17) is 4.74 Å². The molecule has 1 atom stereocenters. The molecule has 0 saturated heterocycles. The van der Waals surface area contributed by atoms with Gasteiger partial charge in [0.15, 0.2) is 0 Å². The fourth-order valence-electron chi connectivity index (χ4n) is 4.47. The molecule has 2 amide bonds. The monoisotopic (exact) mass is 515 g/mol. The Morgan fingerprint density at radius 2 is 1.78 bits per heavy atom. The third-order valence-corrected chi connectivity index (χ3v) is 7.56. The van der Waals surface area contributed by atoms with Crippen molar-refractivity contribution in [2.75, 3.05) is 23.7 Å². The third-order valence-electron chi connectivity index (χ3n) is 6.42. The van der Waals surface area contributed by atoms with Crippen molar-refractivity contribution in [3.63, 3.8) is 0 Å². The van der Waals surface area contributed by atoms with E-state index in [9.17, 15) is 18.0 Å². The molecule has 1 unspecified atom stereocenters. The summed E-state index contributed by atoms with van der Waals surface area (Å²) < 4.78 is 31.9. The average Bonchev–Trinajstić information content (AvgIpc) is 3.33. The van der Waals surface area contributed by atoms with Crippen molar-refractivity contribution in [2.45, 2.75) is 65.1 Å². The Kier molecular flexibility index (Phi) is 9.37. The maximum absolute atomic E-state index is 13.6. The molecule has 9 heteroatoms. The number of aryl methyl sites for hydroxylation is 1. The van der Waals surface area contributed by atoms with Gasteiger partial charge >= 0.3 is 0 Å². The third kappa shape index (κ3) is 7.46. The molecular formula is C27H37N3O5S. The van der Waals surface area contributed by atoms with Crippen molar-refractivity contribution in [3.05, 3.63) is 59.7 Å². The van der Waals surface area contributed by atoms with Gasteiger partial charge in [-0.2, -0.15) is 0 Å². The lowest BCUT2D eigenvalue weighted by Crippen LogP contribution is -2.52. The molecule has 0 spiro atoms. The highest BCUT2D eigenvalue weighted by molar-refractivity contribution is 7.92. The molecule has 0 bridgehead atoms. The second kappa shape index (κ2) is 12.3. The van der Waals surface area contributed by atoms with Crippen molar-refractivity contribution in [2.24, 2.45) is 0 Å². The highest BCUT2D eigenvalue weighted by Crippen LogP contribution is 2.23. The predicted octanol–water partition coefficient (Wildman–Crippen LogP) is 3.64. The number of rotatable bonds is 11. The molecule has 3 rings (SSSR count). The van der Waals surface area contributed by atoms with Gasteiger partial charge in [-0.05, 0) is 63.4 Å². The number of nitrogens with zero attached hydrogens (tertiary/aromatic N) is 2. The first kappa shape index (κ1) is 27.5. The molecule has 1 fully saturated rings. The number of amides is 2. The van der Waals surface area contributed by atoms with Crippen LogP contribution in [0.1, 0.15) is 50.7 Å². The van der Waals surface area contributed by atoms with Gasteiger partial charge in [-0.3, -0.25) is 13.9 Å². The Morgan fingerprint density at radius 1 is 1.11 bits per heavy atom. The molecule has 0 heterocycles. The van der Waals surface area contributed by atoms with Crippen molar-refractivity contribution >= 4 is 27.5 Å². The number of carbonyl (C=O) groups excluding carboxylic acids is 2. The van der Waals surface area contributed by atoms with Gasteiger partial charge in [0, 0.05) is 12.6 Å². The molecule has 36 heavy (non-hydrogen) atoms. The number of carbonyl (C=O) groups is 2. The number of hydrogen-bond donors (Lipinski definition) is 1. The van der Waals surface area contributed by atoms with Gasteiger partial charge in [-0.25, -0.2) is 8.42 Å². The first-order chi connectivity index (χ1) is 17.1. The van der Waals surface area contributed by atoms with Crippen LogP contribution in [0.5, 0.6) is 5.75 Å². The zero-order valence-corrected chi connectivity index (χ0v) is 22.4. The molecular weight excluding hydrogens is 478 g/mol. The van der Waals surface area contributed by atoms with E-state index < -0.39 is 28.5 Å². The molecule has 8 nitrogen and oxygen atoms in total. The van der Waals surface area contributed by atoms with Crippen LogP contribution >= 0.6 is 0 Å². The quantitative estimate of drug-likeness (QED) is 0.493. The molecule has 0 radical (unpaired) electrons. The van der Waals surface area contributed by atoms with E-state index >= 15 is 0 Å². The predicted molar refractivity (Wildman–Crippen MR) is 141 cm³/mol. The minimum Gasteiger partial charge on any atom is -0.494 e. The number of benzene rings is 2. The lowest BCUT2D eigenvalue weighted by atomic mass is 10.1. The summed E-state index contributed by atoms with van der Waals surface area (Å²) in [4.78, 5) is 28.2. The lowest BCUT2D eigenvalue weighted by Gasteiger charge is -2.32. The standard InChI is InChI=1S/C27H37N3O5S/c1-5-35-25-15-13-24(14-16-25)30(36(4,33)34)19-26(31)29(18-22-10-8-9-20(2)17-22)21(3)27(32)28-23-11-6-7-12-23/h8-10,13-17,21,23H,5-7,11-12,18-19H2,1-4H3,(H,28,32). The van der Waals surface area contributed by atoms with Gasteiger partial charge in [-0.15, -0.1) is 0 Å². The number of sulfonamides is 1. The minimum absolute atomic E-state index is 0.118. The fraction of sp³-hybridized carbons (Fsp3) is 0.481. The lowest BCUT2D eigenvalue weighted by molar-refractivity contribution is -0.139. The first-order valence-corrected chi connectivity index (χ1v) is 14.3. The van der Waals surface area contributed by atoms with E-state index in [1.165, 1.54) is 4.90 Å². The van der Waals surface area contributed by atoms with E-state index in [-0.39, 0.29) is 18.5 Å². The summed E-state index contributed by atoms with van der Waals surface area (Å²) in [5.74, 6) is -0.0703. The van der Waals surface area contributed by atoms with Gasteiger partial charge in [0.25, 0.3) is 0 Å². The van der Waals surface area contributed by atoms with Crippen LogP contribution in [0.15, 0.2) is 48.5 Å². The molecule has 0 aliphatic heterocycles. The normalized spacial score (nSPS) is 14.8. The maximum Gasteiger partial charge on any atom is 0.244 e. The summed E-state index contributed by atoms with van der Waals surface area (Å²) in [6, 6.07) is 13.6. The Morgan fingerprint density at radius 3 is 2.36 bits per heavy atom. The van der Waals surface area contributed by atoms with Gasteiger partial charge in [0.1, 0.15) is 18.3 Å². The number of nitrogens with one attached hydrogen (secondary N) is 1. The summed E-state index contributed by atoms with van der Waals surface area (Å²) in [5, 5.41) is 3.07. The highest BCUT2D eigenvalue weighted by Gasteiger charge is 2.31. The van der Waals surface area contributed by atoms with Gasteiger partial charge in [-0.1, -0.05) is 42.7 Å². The number of hydrogen-bond acceptors (Lipinski definition) is 5. The van der Waals surface area contributed by atoms with Crippen LogP contribution < -0.4 is 14.4 Å². The van der Waals surface area contributed by atoms with Crippen LogP contribution in [0, 0.1) is 6.92 Å². The van der Waals surface area contributed by atoms with Crippen molar-refractivity contribution in [3.8, 4) is 5.75 Å². The largest absolute Gasteiger partial charge is 0.494 e. The average molecular weight is 516 g/mol. The smallest absolute Gasteiger partial charge is 0.244 e. The fourth-order valence-corrected chi connectivity index (χ4v) is 5.32. The molecule has 0 aromatic heterocycles. The molecule has 2 aromatic rings. The Balaban J connectivity index is 1.86. The van der Waals surface area contributed by atoms with Crippen LogP contribution in [0.2, 0.25) is 0 Å². The van der Waals surface area contributed by atoms with Gasteiger partial charge < -0.3 is 15.0 Å². The second-order valence-corrected chi connectivity index (χ2v) is 11.3. The maximum atomic E-state index is 13.6. The van der Waals surface area contributed by atoms with Gasteiger partial charge in [0.2, 0.25) is 21.8 Å². The Labute approximate surface area is 214 Å².